The van der Waals surface area contributed by atoms with Crippen LogP contribution in [0.2, 0.25) is 5.02 Å². The second kappa shape index (κ2) is 14.6. The van der Waals surface area contributed by atoms with Crippen LogP contribution in [0.1, 0.15) is 30.5 Å². The fourth-order valence-corrected chi connectivity index (χ4v) is 5.27. The summed E-state index contributed by atoms with van der Waals surface area (Å²) in [5.41, 5.74) is 2.25. The third-order valence-corrected chi connectivity index (χ3v) is 7.58. The minimum Gasteiger partial charge on any atom is -0.354 e. The zero-order valence-electron chi connectivity index (χ0n) is 20.9. The van der Waals surface area contributed by atoms with Gasteiger partial charge in [-0.2, -0.15) is 0 Å². The molecule has 0 fully saturated rings. The summed E-state index contributed by atoms with van der Waals surface area (Å²) in [5.74, 6) is -0.158. The molecule has 2 amide bonds. The molecule has 4 nitrogen and oxygen atoms in total. The highest BCUT2D eigenvalue weighted by atomic mass is 79.9. The van der Waals surface area contributed by atoms with Gasteiger partial charge in [-0.05, 0) is 41.3 Å². The van der Waals surface area contributed by atoms with Gasteiger partial charge in [0.25, 0.3) is 0 Å². The summed E-state index contributed by atoms with van der Waals surface area (Å²) in [6, 6.07) is 21.2. The lowest BCUT2D eigenvalue weighted by molar-refractivity contribution is -0.139. The quantitative estimate of drug-likeness (QED) is 0.245. The average molecular weight is 606 g/mol. The summed E-state index contributed by atoms with van der Waals surface area (Å²) in [6.45, 7) is 4.86. The zero-order valence-corrected chi connectivity index (χ0v) is 24.1. The molecule has 0 spiro atoms. The minimum absolute atomic E-state index is 0.0872. The first-order chi connectivity index (χ1) is 17.7. The van der Waals surface area contributed by atoms with E-state index >= 15 is 0 Å². The van der Waals surface area contributed by atoms with Crippen LogP contribution in [0.15, 0.2) is 77.3 Å². The number of carbonyl (C=O) groups is 2. The Morgan fingerprint density at radius 3 is 2.35 bits per heavy atom. The molecule has 1 N–H and O–H groups in total. The van der Waals surface area contributed by atoms with Gasteiger partial charge in [-0.15, -0.1) is 11.8 Å². The highest BCUT2D eigenvalue weighted by molar-refractivity contribution is 9.10. The number of nitrogens with zero attached hydrogens (tertiary/aromatic N) is 1. The van der Waals surface area contributed by atoms with E-state index in [0.29, 0.717) is 23.6 Å². The number of benzene rings is 3. The number of rotatable bonds is 12. The first kappa shape index (κ1) is 29.2. The van der Waals surface area contributed by atoms with E-state index in [-0.39, 0.29) is 35.8 Å². The number of hydrogen-bond acceptors (Lipinski definition) is 3. The van der Waals surface area contributed by atoms with Crippen molar-refractivity contribution < 1.29 is 14.0 Å². The highest BCUT2D eigenvalue weighted by Crippen LogP contribution is 2.25. The summed E-state index contributed by atoms with van der Waals surface area (Å²) < 4.78 is 15.2. The SMILES string of the molecule is CC(C)CNC(=O)[C@H](Cc1ccccc1)N(Cc1ccc(Br)cc1)C(=O)CSCc1c(F)cccc1Cl. The number of halogens is 3. The van der Waals surface area contributed by atoms with Gasteiger partial charge < -0.3 is 10.2 Å². The Labute approximate surface area is 236 Å². The predicted molar refractivity (Wildman–Crippen MR) is 154 cm³/mol. The summed E-state index contributed by atoms with van der Waals surface area (Å²) >= 11 is 10.9. The Bertz CT molecular complexity index is 1160. The van der Waals surface area contributed by atoms with Gasteiger partial charge in [-0.3, -0.25) is 9.59 Å². The summed E-state index contributed by atoms with van der Waals surface area (Å²) in [4.78, 5) is 28.7. The maximum atomic E-state index is 14.2. The molecule has 3 rings (SSSR count). The van der Waals surface area contributed by atoms with Crippen LogP contribution in [0.25, 0.3) is 0 Å². The lowest BCUT2D eigenvalue weighted by Crippen LogP contribution is -2.51. The van der Waals surface area contributed by atoms with Crippen LogP contribution >= 0.6 is 39.3 Å². The first-order valence-electron chi connectivity index (χ1n) is 12.1. The van der Waals surface area contributed by atoms with Crippen LogP contribution < -0.4 is 5.32 Å². The standard InChI is InChI=1S/C29H31BrClFN2O2S/c1-20(2)16-33-29(36)27(15-21-7-4-3-5-8-21)34(17-22-11-13-23(30)14-12-22)28(35)19-37-18-24-25(31)9-6-10-26(24)32/h3-14,20,27H,15-19H2,1-2H3,(H,33,36)/t27-/m0/s1. The lowest BCUT2D eigenvalue weighted by Gasteiger charge is -2.32. The van der Waals surface area contributed by atoms with Crippen molar-refractivity contribution in [1.82, 2.24) is 10.2 Å². The molecular formula is C29H31BrClFN2O2S. The van der Waals surface area contributed by atoms with Crippen molar-refractivity contribution in [2.24, 2.45) is 5.92 Å². The molecule has 3 aromatic rings. The molecule has 1 atom stereocenters. The Morgan fingerprint density at radius 2 is 1.70 bits per heavy atom. The monoisotopic (exact) mass is 604 g/mol. The zero-order chi connectivity index (χ0) is 26.8. The molecule has 37 heavy (non-hydrogen) atoms. The molecule has 0 aliphatic rings. The third kappa shape index (κ3) is 9.16. The molecule has 0 heterocycles. The van der Waals surface area contributed by atoms with Crippen LogP contribution in [0.4, 0.5) is 4.39 Å². The van der Waals surface area contributed by atoms with Crippen molar-refractivity contribution >= 4 is 51.1 Å². The molecule has 0 bridgehead atoms. The van der Waals surface area contributed by atoms with Crippen LogP contribution in [0.5, 0.6) is 0 Å². The molecule has 0 aromatic heterocycles. The van der Waals surface area contributed by atoms with E-state index < -0.39 is 11.9 Å². The second-order valence-corrected chi connectivity index (χ2v) is 11.5. The third-order valence-electron chi connectivity index (χ3n) is 5.76. The van der Waals surface area contributed by atoms with Crippen LogP contribution in [0.3, 0.4) is 0 Å². The topological polar surface area (TPSA) is 49.4 Å². The number of thioether (sulfide) groups is 1. The van der Waals surface area contributed by atoms with Gasteiger partial charge in [0.05, 0.1) is 5.75 Å². The number of nitrogens with one attached hydrogen (secondary N) is 1. The van der Waals surface area contributed by atoms with Crippen molar-refractivity contribution in [3.8, 4) is 0 Å². The Kier molecular flexibility index (Phi) is 11.5. The molecule has 0 radical (unpaired) electrons. The Hall–Kier alpha value is -2.35. The molecule has 0 saturated carbocycles. The van der Waals surface area contributed by atoms with Crippen LogP contribution in [0, 0.1) is 11.7 Å². The van der Waals surface area contributed by atoms with Gasteiger partial charge in [0.2, 0.25) is 11.8 Å². The fourth-order valence-electron chi connectivity index (χ4n) is 3.76. The van der Waals surface area contributed by atoms with Crippen molar-refractivity contribution in [2.45, 2.75) is 38.6 Å². The lowest BCUT2D eigenvalue weighted by atomic mass is 10.0. The second-order valence-electron chi connectivity index (χ2n) is 9.19. The molecule has 0 saturated heterocycles. The molecule has 3 aromatic carbocycles. The number of amides is 2. The van der Waals surface area contributed by atoms with Gasteiger partial charge in [0.1, 0.15) is 11.9 Å². The maximum Gasteiger partial charge on any atom is 0.243 e. The predicted octanol–water partition coefficient (Wildman–Crippen LogP) is 6.89. The summed E-state index contributed by atoms with van der Waals surface area (Å²) in [5, 5.41) is 3.35. The molecule has 0 aliphatic heterocycles. The van der Waals surface area contributed by atoms with Gasteiger partial charge in [-0.1, -0.05) is 89.9 Å². The van der Waals surface area contributed by atoms with E-state index in [1.807, 2.05) is 68.4 Å². The Balaban J connectivity index is 1.85. The molecule has 0 unspecified atom stereocenters. The van der Waals surface area contributed by atoms with E-state index in [2.05, 4.69) is 21.2 Å². The summed E-state index contributed by atoms with van der Waals surface area (Å²) in [7, 11) is 0. The van der Waals surface area contributed by atoms with Crippen molar-refractivity contribution in [1.29, 1.82) is 0 Å². The fraction of sp³-hybridized carbons (Fsp3) is 0.310. The smallest absolute Gasteiger partial charge is 0.243 e. The maximum absolute atomic E-state index is 14.2. The van der Waals surface area contributed by atoms with Crippen LogP contribution in [-0.2, 0) is 28.3 Å². The molecular weight excluding hydrogens is 575 g/mol. The van der Waals surface area contributed by atoms with Crippen molar-refractivity contribution in [3.63, 3.8) is 0 Å². The number of carbonyl (C=O) groups excluding carboxylic acids is 2. The normalized spacial score (nSPS) is 11.8. The van der Waals surface area contributed by atoms with Gasteiger partial charge in [0.15, 0.2) is 0 Å². The Morgan fingerprint density at radius 1 is 1.00 bits per heavy atom. The first-order valence-corrected chi connectivity index (χ1v) is 14.4. The summed E-state index contributed by atoms with van der Waals surface area (Å²) in [6.07, 6.45) is 0.386. The molecule has 0 aliphatic carbocycles. The van der Waals surface area contributed by atoms with E-state index in [0.717, 1.165) is 15.6 Å². The minimum atomic E-state index is -0.699. The van der Waals surface area contributed by atoms with Crippen molar-refractivity contribution in [2.75, 3.05) is 12.3 Å². The highest BCUT2D eigenvalue weighted by Gasteiger charge is 2.30. The van der Waals surface area contributed by atoms with Gasteiger partial charge in [0, 0.05) is 40.3 Å². The van der Waals surface area contributed by atoms with Crippen molar-refractivity contribution in [3.05, 3.63) is 105 Å². The molecule has 8 heteroatoms. The number of hydrogen-bond donors (Lipinski definition) is 1. The van der Waals surface area contributed by atoms with E-state index in [9.17, 15) is 14.0 Å². The van der Waals surface area contributed by atoms with Crippen LogP contribution in [-0.4, -0.2) is 35.1 Å². The average Bonchev–Trinajstić information content (AvgIpc) is 2.88. The van der Waals surface area contributed by atoms with Gasteiger partial charge in [-0.25, -0.2) is 4.39 Å². The molecule has 196 valence electrons. The van der Waals surface area contributed by atoms with E-state index in [1.165, 1.54) is 17.8 Å². The largest absolute Gasteiger partial charge is 0.354 e. The van der Waals surface area contributed by atoms with E-state index in [4.69, 9.17) is 11.6 Å². The van der Waals surface area contributed by atoms with Gasteiger partial charge >= 0.3 is 0 Å². The van der Waals surface area contributed by atoms with E-state index in [1.54, 1.807) is 17.0 Å².